The molecule has 3 rings (SSSR count). The van der Waals surface area contributed by atoms with Gasteiger partial charge in [-0.25, -0.2) is 4.39 Å². The van der Waals surface area contributed by atoms with E-state index in [1.165, 1.54) is 12.1 Å². The van der Waals surface area contributed by atoms with E-state index in [-0.39, 0.29) is 5.82 Å². The van der Waals surface area contributed by atoms with Crippen LogP contribution in [-0.4, -0.2) is 53.5 Å². The van der Waals surface area contributed by atoms with Crippen molar-refractivity contribution in [2.45, 2.75) is 32.4 Å². The largest absolute Gasteiger partial charge is 0.379 e. The molecule has 1 aromatic heterocycles. The number of nitrogens with one attached hydrogen (secondary N) is 1. The first-order chi connectivity index (χ1) is 11.6. The summed E-state index contributed by atoms with van der Waals surface area (Å²) in [5, 5.41) is 13.6. The van der Waals surface area contributed by atoms with Gasteiger partial charge >= 0.3 is 0 Å². The molecular formula is C17H23FN4OS. The summed E-state index contributed by atoms with van der Waals surface area (Å²) in [6, 6.07) is 7.37. The molecule has 1 saturated heterocycles. The number of hydrogen-bond donors (Lipinski definition) is 1. The Kier molecular flexibility index (Phi) is 5.76. The van der Waals surface area contributed by atoms with E-state index in [1.54, 1.807) is 23.5 Å². The molecule has 2 atom stereocenters. The molecule has 2 aromatic rings. The number of hydrogen-bond acceptors (Lipinski definition) is 6. The first-order valence-corrected chi connectivity index (χ1v) is 9.07. The minimum Gasteiger partial charge on any atom is -0.379 e. The van der Waals surface area contributed by atoms with Crippen molar-refractivity contribution in [3.63, 3.8) is 0 Å². The van der Waals surface area contributed by atoms with Gasteiger partial charge in [0.25, 0.3) is 0 Å². The molecule has 0 radical (unpaired) electrons. The molecule has 0 saturated carbocycles. The van der Waals surface area contributed by atoms with Crippen LogP contribution in [0.15, 0.2) is 24.3 Å². The Bertz CT molecular complexity index is 648. The van der Waals surface area contributed by atoms with Crippen molar-refractivity contribution in [1.82, 2.24) is 15.1 Å². The topological polar surface area (TPSA) is 50.3 Å². The van der Waals surface area contributed by atoms with Crippen LogP contribution in [0, 0.1) is 5.82 Å². The van der Waals surface area contributed by atoms with Crippen LogP contribution in [0.25, 0.3) is 0 Å². The second kappa shape index (κ2) is 8.00. The van der Waals surface area contributed by atoms with E-state index in [2.05, 4.69) is 34.3 Å². The fourth-order valence-corrected chi connectivity index (χ4v) is 3.70. The molecule has 1 N–H and O–H groups in total. The Labute approximate surface area is 145 Å². The van der Waals surface area contributed by atoms with Gasteiger partial charge in [-0.15, -0.1) is 10.2 Å². The highest BCUT2D eigenvalue weighted by Crippen LogP contribution is 2.19. The highest BCUT2D eigenvalue weighted by atomic mass is 32.1. The summed E-state index contributed by atoms with van der Waals surface area (Å²) in [7, 11) is 0. The van der Waals surface area contributed by atoms with Crippen LogP contribution in [0.1, 0.15) is 24.4 Å². The third kappa shape index (κ3) is 4.49. The van der Waals surface area contributed by atoms with Gasteiger partial charge in [0.2, 0.25) is 5.13 Å². The molecule has 1 fully saturated rings. The minimum atomic E-state index is -0.218. The van der Waals surface area contributed by atoms with Crippen LogP contribution in [0.2, 0.25) is 0 Å². The van der Waals surface area contributed by atoms with E-state index >= 15 is 0 Å². The zero-order valence-corrected chi connectivity index (χ0v) is 14.9. The van der Waals surface area contributed by atoms with E-state index < -0.39 is 0 Å². The molecule has 0 spiro atoms. The SMILES string of the molecule is CC(CNc1nnc(Cc2ccc(F)cc2)s1)N1CCOCC1C. The number of morpholine rings is 1. The van der Waals surface area contributed by atoms with Gasteiger partial charge in [-0.1, -0.05) is 23.5 Å². The summed E-state index contributed by atoms with van der Waals surface area (Å²) in [6.45, 7) is 7.81. The number of nitrogens with zero attached hydrogens (tertiary/aromatic N) is 3. The molecular weight excluding hydrogens is 327 g/mol. The Morgan fingerprint density at radius 1 is 1.38 bits per heavy atom. The molecule has 2 unspecified atom stereocenters. The maximum absolute atomic E-state index is 12.9. The molecule has 0 aliphatic carbocycles. The van der Waals surface area contributed by atoms with E-state index in [0.717, 1.165) is 42.0 Å². The number of ether oxygens (including phenoxy) is 1. The lowest BCUT2D eigenvalue weighted by molar-refractivity contribution is -0.0159. The maximum Gasteiger partial charge on any atom is 0.205 e. The average Bonchev–Trinajstić information content (AvgIpc) is 3.03. The van der Waals surface area contributed by atoms with Gasteiger partial charge in [-0.3, -0.25) is 4.90 Å². The molecule has 1 aromatic carbocycles. The van der Waals surface area contributed by atoms with Crippen molar-refractivity contribution >= 4 is 16.5 Å². The molecule has 7 heteroatoms. The number of aromatic nitrogens is 2. The van der Waals surface area contributed by atoms with Crippen molar-refractivity contribution < 1.29 is 9.13 Å². The van der Waals surface area contributed by atoms with Crippen LogP contribution >= 0.6 is 11.3 Å². The predicted octanol–water partition coefficient (Wildman–Crippen LogP) is 2.79. The fraction of sp³-hybridized carbons (Fsp3) is 0.529. The molecule has 2 heterocycles. The Balaban J connectivity index is 1.51. The van der Waals surface area contributed by atoms with Crippen LogP contribution in [0.4, 0.5) is 9.52 Å². The smallest absolute Gasteiger partial charge is 0.205 e. The second-order valence-electron chi connectivity index (χ2n) is 6.20. The van der Waals surface area contributed by atoms with Crippen LogP contribution in [0.3, 0.4) is 0 Å². The molecule has 130 valence electrons. The van der Waals surface area contributed by atoms with Crippen molar-refractivity contribution in [2.75, 3.05) is 31.6 Å². The zero-order valence-electron chi connectivity index (χ0n) is 14.0. The molecule has 5 nitrogen and oxygen atoms in total. The van der Waals surface area contributed by atoms with Gasteiger partial charge in [0.15, 0.2) is 0 Å². The number of halogens is 1. The van der Waals surface area contributed by atoms with Gasteiger partial charge in [0.1, 0.15) is 10.8 Å². The zero-order chi connectivity index (χ0) is 16.9. The highest BCUT2D eigenvalue weighted by molar-refractivity contribution is 7.15. The second-order valence-corrected chi connectivity index (χ2v) is 7.26. The number of rotatable bonds is 6. The Morgan fingerprint density at radius 3 is 2.92 bits per heavy atom. The lowest BCUT2D eigenvalue weighted by Gasteiger charge is -2.37. The lowest BCUT2D eigenvalue weighted by atomic mass is 10.2. The monoisotopic (exact) mass is 350 g/mol. The standard InChI is InChI=1S/C17H23FN4OS/c1-12(22-7-8-23-11-13(22)2)10-19-17-21-20-16(24-17)9-14-3-5-15(18)6-4-14/h3-6,12-13H,7-11H2,1-2H3,(H,19,21). The first-order valence-electron chi connectivity index (χ1n) is 8.26. The summed E-state index contributed by atoms with van der Waals surface area (Å²) < 4.78 is 18.4. The molecule has 24 heavy (non-hydrogen) atoms. The number of anilines is 1. The Hall–Kier alpha value is -1.57. The molecule has 0 bridgehead atoms. The molecule has 1 aliphatic heterocycles. The van der Waals surface area contributed by atoms with Gasteiger partial charge in [-0.05, 0) is 31.5 Å². The summed E-state index contributed by atoms with van der Waals surface area (Å²) in [5.74, 6) is -0.218. The quantitative estimate of drug-likeness (QED) is 0.868. The Morgan fingerprint density at radius 2 is 2.17 bits per heavy atom. The lowest BCUT2D eigenvalue weighted by Crippen LogP contribution is -2.50. The number of benzene rings is 1. The van der Waals surface area contributed by atoms with Crippen molar-refractivity contribution in [3.05, 3.63) is 40.7 Å². The molecule has 0 amide bonds. The summed E-state index contributed by atoms with van der Waals surface area (Å²) in [4.78, 5) is 2.46. The average molecular weight is 350 g/mol. The maximum atomic E-state index is 12.9. The van der Waals surface area contributed by atoms with Crippen LogP contribution in [0.5, 0.6) is 0 Å². The summed E-state index contributed by atoms with van der Waals surface area (Å²) in [6.07, 6.45) is 0.676. The van der Waals surface area contributed by atoms with Crippen molar-refractivity contribution in [3.8, 4) is 0 Å². The predicted molar refractivity (Wildman–Crippen MR) is 94.1 cm³/mol. The van der Waals surface area contributed by atoms with Gasteiger partial charge < -0.3 is 10.1 Å². The first kappa shape index (κ1) is 17.3. The summed E-state index contributed by atoms with van der Waals surface area (Å²) >= 11 is 1.55. The van der Waals surface area contributed by atoms with Crippen molar-refractivity contribution in [2.24, 2.45) is 0 Å². The normalized spacial score (nSPS) is 20.0. The van der Waals surface area contributed by atoms with E-state index in [0.29, 0.717) is 18.5 Å². The van der Waals surface area contributed by atoms with Crippen molar-refractivity contribution in [1.29, 1.82) is 0 Å². The third-order valence-corrected chi connectivity index (χ3v) is 5.15. The summed E-state index contributed by atoms with van der Waals surface area (Å²) in [5.41, 5.74) is 1.04. The fourth-order valence-electron chi connectivity index (χ4n) is 2.92. The van der Waals surface area contributed by atoms with E-state index in [1.807, 2.05) is 0 Å². The van der Waals surface area contributed by atoms with Crippen LogP contribution in [-0.2, 0) is 11.2 Å². The molecule has 1 aliphatic rings. The van der Waals surface area contributed by atoms with Gasteiger partial charge in [-0.2, -0.15) is 0 Å². The highest BCUT2D eigenvalue weighted by Gasteiger charge is 2.23. The van der Waals surface area contributed by atoms with Gasteiger partial charge in [0.05, 0.1) is 13.2 Å². The third-order valence-electron chi connectivity index (χ3n) is 4.27. The van der Waals surface area contributed by atoms with E-state index in [9.17, 15) is 4.39 Å². The van der Waals surface area contributed by atoms with E-state index in [4.69, 9.17) is 4.74 Å². The van der Waals surface area contributed by atoms with Crippen LogP contribution < -0.4 is 5.32 Å². The minimum absolute atomic E-state index is 0.218. The van der Waals surface area contributed by atoms with Gasteiger partial charge in [0, 0.05) is 31.6 Å².